The number of carbonyl (C=O) groups excluding carboxylic acids is 5. The maximum atomic E-state index is 12.1. The van der Waals surface area contributed by atoms with Crippen LogP contribution in [-0.4, -0.2) is 82.4 Å². The number of amides is 5. The molecule has 2 heterocycles. The highest BCUT2D eigenvalue weighted by atomic mass is 16.5. The van der Waals surface area contributed by atoms with Crippen molar-refractivity contribution in [2.45, 2.75) is 32.9 Å². The van der Waals surface area contributed by atoms with Gasteiger partial charge in [0.15, 0.2) is 31.2 Å². The predicted octanol–water partition coefficient (Wildman–Crippen LogP) is -1.51. The minimum atomic E-state index is -0.369. The van der Waals surface area contributed by atoms with E-state index in [-0.39, 0.29) is 55.8 Å². The van der Waals surface area contributed by atoms with Gasteiger partial charge in [-0.05, 0) is 12.8 Å². The van der Waals surface area contributed by atoms with Crippen molar-refractivity contribution in [2.75, 3.05) is 51.8 Å². The minimum Gasteiger partial charge on any atom is -0.486 e. The highest BCUT2D eigenvalue weighted by Crippen LogP contribution is 2.06. The molecule has 2 aromatic heterocycles. The first-order chi connectivity index (χ1) is 20.7. The van der Waals surface area contributed by atoms with E-state index in [1.165, 1.54) is 20.4 Å². The molecule has 0 radical (unpaired) electrons. The van der Waals surface area contributed by atoms with Crippen LogP contribution < -0.4 is 35.7 Å². The highest BCUT2D eigenvalue weighted by molar-refractivity contribution is 5.88. The van der Waals surface area contributed by atoms with Gasteiger partial charge in [-0.15, -0.1) is 0 Å². The first-order valence-corrected chi connectivity index (χ1v) is 13.7. The number of methoxy groups -OCH3 is 1. The van der Waals surface area contributed by atoms with Crippen molar-refractivity contribution in [1.82, 2.24) is 21.3 Å². The number of carbonyl (C=O) groups is 5. The lowest BCUT2D eigenvalue weighted by Gasteiger charge is -2.08. The summed E-state index contributed by atoms with van der Waals surface area (Å²) in [6.45, 7) is 2.63. The fourth-order valence-electron chi connectivity index (χ4n) is 3.47. The number of aromatic nitrogens is 2. The van der Waals surface area contributed by atoms with Crippen LogP contribution in [0, 0.1) is 0 Å². The number of nitrogens with zero attached hydrogens (tertiary/aromatic N) is 3. The Morgan fingerprint density at radius 1 is 0.721 bits per heavy atom. The lowest BCUT2D eigenvalue weighted by Crippen LogP contribution is -2.43. The van der Waals surface area contributed by atoms with Crippen molar-refractivity contribution in [2.24, 2.45) is 4.99 Å². The Morgan fingerprint density at radius 3 is 1.60 bits per heavy atom. The Labute approximate surface area is 250 Å². The fraction of sp³-hybridized carbons (Fsp3) is 0.429. The smallest absolute Gasteiger partial charge is 0.285 e. The lowest BCUT2D eigenvalue weighted by molar-refractivity contribution is -0.684. The molecular formula is C28H40N8O7+2. The van der Waals surface area contributed by atoms with Crippen molar-refractivity contribution >= 4 is 47.3 Å². The summed E-state index contributed by atoms with van der Waals surface area (Å²) in [5, 5.41) is 13.5. The summed E-state index contributed by atoms with van der Waals surface area (Å²) in [4.78, 5) is 63.0. The largest absolute Gasteiger partial charge is 0.486 e. The summed E-state index contributed by atoms with van der Waals surface area (Å²) in [6, 6.07) is 6.91. The standard InChI is InChI=1S/C28H38N8O7/c1-22(37)34-24-7-15-36(16-8-24)18-26(39)30-10-4-12-32-28(41)20-43-19-27(40)31-11-3-9-29-25(38)17-35-13-5-23(6-14-35)33-21-42-2/h5-8,13-16,21H,3-4,9-12,17-20H2,1-2H3,(H3-,29,30,31,32,38,39,40,41)/p+2. The van der Waals surface area contributed by atoms with Gasteiger partial charge in [0.1, 0.15) is 13.2 Å². The molecule has 5 N–H and O–H groups in total. The Morgan fingerprint density at radius 2 is 1.16 bits per heavy atom. The molecule has 0 spiro atoms. The zero-order valence-corrected chi connectivity index (χ0v) is 24.5. The summed E-state index contributed by atoms with van der Waals surface area (Å²) in [5.41, 5.74) is 1.35. The van der Waals surface area contributed by atoms with E-state index in [0.717, 1.165) is 0 Å². The van der Waals surface area contributed by atoms with Crippen LogP contribution in [0.25, 0.3) is 0 Å². The summed E-state index contributed by atoms with van der Waals surface area (Å²) >= 11 is 0. The van der Waals surface area contributed by atoms with Crippen LogP contribution in [0.5, 0.6) is 0 Å². The van der Waals surface area contributed by atoms with Gasteiger partial charge in [-0.25, -0.2) is 4.99 Å². The summed E-state index contributed by atoms with van der Waals surface area (Å²) < 4.78 is 13.3. The van der Waals surface area contributed by atoms with Gasteiger partial charge in [-0.1, -0.05) is 0 Å². The molecule has 0 atom stereocenters. The number of hydrogen-bond donors (Lipinski definition) is 5. The molecular weight excluding hydrogens is 560 g/mol. The van der Waals surface area contributed by atoms with Crippen LogP contribution in [0.15, 0.2) is 54.0 Å². The van der Waals surface area contributed by atoms with Crippen LogP contribution in [0.4, 0.5) is 11.4 Å². The molecule has 43 heavy (non-hydrogen) atoms. The fourth-order valence-corrected chi connectivity index (χ4v) is 3.47. The van der Waals surface area contributed by atoms with Gasteiger partial charge < -0.3 is 36.1 Å². The van der Waals surface area contributed by atoms with Gasteiger partial charge in [-0.2, -0.15) is 9.13 Å². The van der Waals surface area contributed by atoms with Crippen LogP contribution in [-0.2, 0) is 46.5 Å². The minimum absolute atomic E-state index is 0.123. The third kappa shape index (κ3) is 16.2. The molecule has 232 valence electrons. The van der Waals surface area contributed by atoms with E-state index in [4.69, 9.17) is 9.47 Å². The molecule has 0 aromatic carbocycles. The van der Waals surface area contributed by atoms with Crippen molar-refractivity contribution in [3.8, 4) is 0 Å². The molecule has 0 unspecified atom stereocenters. The van der Waals surface area contributed by atoms with E-state index in [1.807, 2.05) is 0 Å². The molecule has 0 aliphatic heterocycles. The monoisotopic (exact) mass is 600 g/mol. The summed E-state index contributed by atoms with van der Waals surface area (Å²) in [6.07, 6.45) is 9.24. The quantitative estimate of drug-likeness (QED) is 0.0562. The third-order valence-electron chi connectivity index (χ3n) is 5.51. The average Bonchev–Trinajstić information content (AvgIpc) is 2.97. The zero-order chi connectivity index (χ0) is 31.3. The maximum absolute atomic E-state index is 12.1. The first kappa shape index (κ1) is 34.3. The number of ether oxygens (including phenoxy) is 2. The third-order valence-corrected chi connectivity index (χ3v) is 5.51. The molecule has 15 nitrogen and oxygen atoms in total. The van der Waals surface area contributed by atoms with E-state index in [1.54, 1.807) is 58.2 Å². The maximum Gasteiger partial charge on any atom is 0.285 e. The van der Waals surface area contributed by atoms with Crippen molar-refractivity contribution in [3.05, 3.63) is 49.1 Å². The van der Waals surface area contributed by atoms with Crippen LogP contribution in [0.1, 0.15) is 19.8 Å². The van der Waals surface area contributed by atoms with Crippen molar-refractivity contribution < 1.29 is 42.6 Å². The van der Waals surface area contributed by atoms with E-state index >= 15 is 0 Å². The number of aliphatic imine (C=N–C) groups is 1. The molecule has 15 heteroatoms. The molecule has 0 saturated carbocycles. The molecule has 0 aliphatic rings. The van der Waals surface area contributed by atoms with E-state index in [0.29, 0.717) is 50.4 Å². The van der Waals surface area contributed by atoms with Crippen molar-refractivity contribution in [3.63, 3.8) is 0 Å². The Bertz CT molecular complexity index is 1220. The molecule has 0 aliphatic carbocycles. The second kappa shape index (κ2) is 20.0. The molecule has 2 rings (SSSR count). The van der Waals surface area contributed by atoms with E-state index < -0.39 is 0 Å². The van der Waals surface area contributed by atoms with E-state index in [2.05, 4.69) is 31.6 Å². The van der Waals surface area contributed by atoms with Crippen molar-refractivity contribution in [1.29, 1.82) is 0 Å². The highest BCUT2D eigenvalue weighted by Gasteiger charge is 2.11. The van der Waals surface area contributed by atoms with Gasteiger partial charge >= 0.3 is 0 Å². The van der Waals surface area contributed by atoms with Crippen LogP contribution >= 0.6 is 0 Å². The topological polar surface area (TPSA) is 184 Å². The lowest BCUT2D eigenvalue weighted by atomic mass is 10.3. The van der Waals surface area contributed by atoms with Gasteiger partial charge in [0.2, 0.25) is 30.8 Å². The SMILES string of the molecule is COC=Nc1cc[n+](CC(=O)NCCCNC(=O)COCC(=O)NCCCNC(=O)C[n+]2ccc(NC(C)=O)cc2)cc1. The normalized spacial score (nSPS) is 10.6. The Balaban J connectivity index is 1.43. The summed E-state index contributed by atoms with van der Waals surface area (Å²) in [7, 11) is 1.51. The molecule has 0 fully saturated rings. The number of anilines is 1. The zero-order valence-electron chi connectivity index (χ0n) is 24.5. The number of rotatable bonds is 19. The molecule has 0 bridgehead atoms. The van der Waals surface area contributed by atoms with Gasteiger partial charge in [0, 0.05) is 57.4 Å². The second-order valence-corrected chi connectivity index (χ2v) is 9.24. The van der Waals surface area contributed by atoms with Gasteiger partial charge in [0.25, 0.3) is 11.8 Å². The number of hydrogen-bond acceptors (Lipinski definition) is 8. The average molecular weight is 601 g/mol. The summed E-state index contributed by atoms with van der Waals surface area (Å²) in [5.74, 6) is -1.25. The van der Waals surface area contributed by atoms with Crippen LogP contribution in [0.3, 0.4) is 0 Å². The second-order valence-electron chi connectivity index (χ2n) is 9.24. The molecule has 0 saturated heterocycles. The first-order valence-electron chi connectivity index (χ1n) is 13.7. The van der Waals surface area contributed by atoms with Crippen LogP contribution in [0.2, 0.25) is 0 Å². The Hall–Kier alpha value is -4.92. The Kier molecular flexibility index (Phi) is 16.0. The number of pyridine rings is 2. The molecule has 5 amide bonds. The predicted molar refractivity (Wildman–Crippen MR) is 155 cm³/mol. The van der Waals surface area contributed by atoms with Gasteiger partial charge in [-0.3, -0.25) is 24.0 Å². The molecule has 2 aromatic rings. The van der Waals surface area contributed by atoms with Gasteiger partial charge in [0.05, 0.1) is 18.5 Å². The number of nitrogens with one attached hydrogen (secondary N) is 5. The van der Waals surface area contributed by atoms with E-state index in [9.17, 15) is 24.0 Å².